The number of anilines is 2. The monoisotopic (exact) mass is 355 g/mol. The van der Waals surface area contributed by atoms with E-state index in [-0.39, 0.29) is 0 Å². The molecule has 0 amide bonds. The molecule has 0 spiro atoms. The lowest BCUT2D eigenvalue weighted by molar-refractivity contribution is 0.307. The van der Waals surface area contributed by atoms with Gasteiger partial charge in [0.25, 0.3) is 0 Å². The minimum absolute atomic E-state index is 0.517. The summed E-state index contributed by atoms with van der Waals surface area (Å²) < 4.78 is 6.68. The highest BCUT2D eigenvalue weighted by atomic mass is 79.9. The van der Waals surface area contributed by atoms with E-state index >= 15 is 0 Å². The maximum Gasteiger partial charge on any atom is 0.239 e. The predicted molar refractivity (Wildman–Crippen MR) is 88.6 cm³/mol. The quantitative estimate of drug-likeness (QED) is 0.853. The summed E-state index contributed by atoms with van der Waals surface area (Å²) in [6.45, 7) is 3.49. The van der Waals surface area contributed by atoms with Crippen molar-refractivity contribution in [2.75, 3.05) is 24.3 Å². The van der Waals surface area contributed by atoms with E-state index in [2.05, 4.69) is 44.2 Å². The van der Waals surface area contributed by atoms with Crippen molar-refractivity contribution in [3.63, 3.8) is 0 Å². The van der Waals surface area contributed by atoms with Crippen LogP contribution in [-0.4, -0.2) is 18.6 Å². The molecule has 108 valence electrons. The Labute approximate surface area is 131 Å². The highest BCUT2D eigenvalue weighted by Crippen LogP contribution is 2.26. The van der Waals surface area contributed by atoms with Crippen molar-refractivity contribution in [3.8, 4) is 5.88 Å². The fraction of sp³-hybridized carbons (Fsp3) is 0.357. The highest BCUT2D eigenvalue weighted by Gasteiger charge is 2.09. The van der Waals surface area contributed by atoms with Crippen molar-refractivity contribution in [2.45, 2.75) is 19.9 Å². The number of thiophene rings is 1. The molecule has 2 N–H and O–H groups in total. The molecule has 0 aliphatic carbocycles. The largest absolute Gasteiger partial charge is 0.476 e. The third kappa shape index (κ3) is 3.86. The van der Waals surface area contributed by atoms with Gasteiger partial charge in [0.1, 0.15) is 5.82 Å². The van der Waals surface area contributed by atoms with Gasteiger partial charge in [-0.15, -0.1) is 11.3 Å². The number of nitrogen functional groups attached to an aromatic ring is 1. The highest BCUT2D eigenvalue weighted by molar-refractivity contribution is 9.10. The zero-order valence-corrected chi connectivity index (χ0v) is 14.0. The molecule has 0 unspecified atom stereocenters. The van der Waals surface area contributed by atoms with Crippen molar-refractivity contribution in [3.05, 3.63) is 32.9 Å². The van der Waals surface area contributed by atoms with Crippen molar-refractivity contribution < 1.29 is 4.74 Å². The van der Waals surface area contributed by atoms with Gasteiger partial charge in [0, 0.05) is 21.8 Å². The number of hydrogen-bond acceptors (Lipinski definition) is 5. The van der Waals surface area contributed by atoms with Gasteiger partial charge in [0.2, 0.25) is 5.88 Å². The van der Waals surface area contributed by atoms with Crippen molar-refractivity contribution in [1.82, 2.24) is 4.98 Å². The van der Waals surface area contributed by atoms with Gasteiger partial charge in [0.15, 0.2) is 0 Å². The molecule has 0 saturated heterocycles. The molecule has 0 saturated carbocycles. The summed E-state index contributed by atoms with van der Waals surface area (Å²) in [5, 5.41) is 2.08. The van der Waals surface area contributed by atoms with E-state index in [1.54, 1.807) is 11.3 Å². The number of aromatic nitrogens is 1. The number of nitrogens with zero attached hydrogens (tertiary/aromatic N) is 2. The summed E-state index contributed by atoms with van der Waals surface area (Å²) in [5.74, 6) is 1.37. The van der Waals surface area contributed by atoms with Gasteiger partial charge in [-0.25, -0.2) is 0 Å². The van der Waals surface area contributed by atoms with Gasteiger partial charge < -0.3 is 15.4 Å². The van der Waals surface area contributed by atoms with Crippen LogP contribution in [-0.2, 0) is 6.54 Å². The van der Waals surface area contributed by atoms with E-state index in [0.29, 0.717) is 18.2 Å². The Morgan fingerprint density at radius 2 is 2.25 bits per heavy atom. The number of ether oxygens (including phenoxy) is 1. The third-order valence-corrected chi connectivity index (χ3v) is 4.41. The van der Waals surface area contributed by atoms with Gasteiger partial charge in [-0.3, -0.25) is 0 Å². The van der Waals surface area contributed by atoms with Gasteiger partial charge in [-0.1, -0.05) is 6.92 Å². The second kappa shape index (κ2) is 6.95. The maximum absolute atomic E-state index is 5.88. The summed E-state index contributed by atoms with van der Waals surface area (Å²) >= 11 is 5.19. The zero-order chi connectivity index (χ0) is 14.5. The number of pyridine rings is 1. The standard InChI is InChI=1S/C14H18BrN3OS/c1-3-6-19-14-12(16)4-5-13(17-14)18(2)8-11-7-10(15)9-20-11/h4-5,7,9H,3,6,8,16H2,1-2H3. The summed E-state index contributed by atoms with van der Waals surface area (Å²) in [6, 6.07) is 5.87. The zero-order valence-electron chi connectivity index (χ0n) is 11.6. The van der Waals surface area contributed by atoms with Gasteiger partial charge in [0.05, 0.1) is 18.8 Å². The maximum atomic E-state index is 5.88. The molecule has 0 bridgehead atoms. The van der Waals surface area contributed by atoms with Gasteiger partial charge in [-0.05, 0) is 40.5 Å². The summed E-state index contributed by atoms with van der Waals surface area (Å²) in [5.41, 5.74) is 6.45. The lowest BCUT2D eigenvalue weighted by Crippen LogP contribution is -2.17. The van der Waals surface area contributed by atoms with Crippen LogP contribution < -0.4 is 15.4 Å². The first-order valence-electron chi connectivity index (χ1n) is 6.43. The molecular formula is C14H18BrN3OS. The molecule has 0 radical (unpaired) electrons. The average molecular weight is 356 g/mol. The molecule has 2 aromatic heterocycles. The number of halogens is 1. The summed E-state index contributed by atoms with van der Waals surface area (Å²) in [7, 11) is 2.01. The van der Waals surface area contributed by atoms with E-state index in [9.17, 15) is 0 Å². The van der Waals surface area contributed by atoms with E-state index in [1.165, 1.54) is 4.88 Å². The topological polar surface area (TPSA) is 51.4 Å². The molecule has 4 nitrogen and oxygen atoms in total. The molecule has 20 heavy (non-hydrogen) atoms. The predicted octanol–water partition coefficient (Wildman–Crippen LogP) is 3.91. The number of rotatable bonds is 6. The normalized spacial score (nSPS) is 10.6. The number of nitrogens with two attached hydrogens (primary N) is 1. The van der Waals surface area contributed by atoms with Crippen molar-refractivity contribution in [1.29, 1.82) is 0 Å². The third-order valence-electron chi connectivity index (χ3n) is 2.72. The van der Waals surface area contributed by atoms with E-state index in [0.717, 1.165) is 23.3 Å². The molecular weight excluding hydrogens is 338 g/mol. The molecule has 0 aliphatic heterocycles. The van der Waals surface area contributed by atoms with Crippen LogP contribution in [0, 0.1) is 0 Å². The first kappa shape index (κ1) is 15.1. The van der Waals surface area contributed by atoms with Gasteiger partial charge >= 0.3 is 0 Å². The Balaban J connectivity index is 2.10. The van der Waals surface area contributed by atoms with Crippen LogP contribution in [0.3, 0.4) is 0 Å². The van der Waals surface area contributed by atoms with Crippen LogP contribution in [0.5, 0.6) is 5.88 Å². The van der Waals surface area contributed by atoms with Crippen LogP contribution in [0.4, 0.5) is 11.5 Å². The molecule has 2 aromatic rings. The van der Waals surface area contributed by atoms with E-state index in [4.69, 9.17) is 10.5 Å². The Morgan fingerprint density at radius 1 is 1.45 bits per heavy atom. The lowest BCUT2D eigenvalue weighted by Gasteiger charge is -2.18. The summed E-state index contributed by atoms with van der Waals surface area (Å²) in [4.78, 5) is 7.84. The fourth-order valence-electron chi connectivity index (χ4n) is 1.72. The molecule has 6 heteroatoms. The molecule has 2 heterocycles. The Morgan fingerprint density at radius 3 is 2.90 bits per heavy atom. The average Bonchev–Trinajstić information content (AvgIpc) is 2.83. The minimum Gasteiger partial charge on any atom is -0.476 e. The Bertz CT molecular complexity index is 573. The summed E-state index contributed by atoms with van der Waals surface area (Å²) in [6.07, 6.45) is 0.935. The van der Waals surface area contributed by atoms with Crippen molar-refractivity contribution in [2.24, 2.45) is 0 Å². The van der Waals surface area contributed by atoms with E-state index < -0.39 is 0 Å². The Hall–Kier alpha value is -1.27. The first-order valence-corrected chi connectivity index (χ1v) is 8.10. The molecule has 0 aliphatic rings. The van der Waals surface area contributed by atoms with Gasteiger partial charge in [-0.2, -0.15) is 4.98 Å². The second-order valence-corrected chi connectivity index (χ2v) is 6.41. The smallest absolute Gasteiger partial charge is 0.239 e. The van der Waals surface area contributed by atoms with Crippen LogP contribution >= 0.6 is 27.3 Å². The van der Waals surface area contributed by atoms with Crippen LogP contribution in [0.1, 0.15) is 18.2 Å². The minimum atomic E-state index is 0.517. The SMILES string of the molecule is CCCOc1nc(N(C)Cc2cc(Br)cs2)ccc1N. The van der Waals surface area contributed by atoms with Crippen LogP contribution in [0.25, 0.3) is 0 Å². The first-order chi connectivity index (χ1) is 9.60. The lowest BCUT2D eigenvalue weighted by atomic mass is 10.3. The van der Waals surface area contributed by atoms with Crippen LogP contribution in [0.2, 0.25) is 0 Å². The Kier molecular flexibility index (Phi) is 5.25. The fourth-order valence-corrected chi connectivity index (χ4v) is 3.22. The van der Waals surface area contributed by atoms with Crippen LogP contribution in [0.15, 0.2) is 28.1 Å². The van der Waals surface area contributed by atoms with E-state index in [1.807, 2.05) is 19.2 Å². The molecule has 2 rings (SSSR count). The molecule has 0 aromatic carbocycles. The second-order valence-electron chi connectivity index (χ2n) is 4.50. The molecule has 0 fully saturated rings. The number of hydrogen-bond donors (Lipinski definition) is 1. The van der Waals surface area contributed by atoms with Crippen molar-refractivity contribution >= 4 is 38.8 Å². The molecule has 0 atom stereocenters.